The molecule has 5 aromatic carbocycles. The third-order valence-electron chi connectivity index (χ3n) is 7.22. The van der Waals surface area contributed by atoms with Crippen LogP contribution in [0.15, 0.2) is 106 Å². The van der Waals surface area contributed by atoms with Crippen LogP contribution in [0, 0.1) is 12.7 Å². The largest absolute Gasteiger partial charge is 0.455 e. The summed E-state index contributed by atoms with van der Waals surface area (Å²) in [6.45, 7) is 2.04. The van der Waals surface area contributed by atoms with Crippen molar-refractivity contribution in [2.24, 2.45) is 0 Å². The maximum Gasteiger partial charge on any atom is 0.159 e. The number of halogens is 1. The highest BCUT2D eigenvalue weighted by Gasteiger charge is 2.23. The van der Waals surface area contributed by atoms with Crippen molar-refractivity contribution >= 4 is 54.9 Å². The van der Waals surface area contributed by atoms with E-state index in [9.17, 15) is 4.39 Å². The number of aryl methyl sites for hydroxylation is 1. The van der Waals surface area contributed by atoms with Gasteiger partial charge in [-0.25, -0.2) is 9.37 Å². The molecule has 3 aromatic heterocycles. The molecule has 0 saturated heterocycles. The van der Waals surface area contributed by atoms with E-state index in [0.717, 1.165) is 66.4 Å². The number of hydrogen-bond acceptors (Lipinski definition) is 3. The molecule has 8 rings (SSSR count). The van der Waals surface area contributed by atoms with Gasteiger partial charge < -0.3 is 8.83 Å². The molecule has 0 bridgehead atoms. The van der Waals surface area contributed by atoms with E-state index in [0.29, 0.717) is 11.2 Å². The van der Waals surface area contributed by atoms with Crippen LogP contribution in [-0.2, 0) is 0 Å². The number of furan rings is 2. The average molecular weight is 483 g/mol. The summed E-state index contributed by atoms with van der Waals surface area (Å²) in [6, 6.07) is 31.1. The Kier molecular flexibility index (Phi) is 4.01. The Morgan fingerprint density at radius 3 is 2.46 bits per heavy atom. The lowest BCUT2D eigenvalue weighted by atomic mass is 10.0. The zero-order chi connectivity index (χ0) is 24.7. The summed E-state index contributed by atoms with van der Waals surface area (Å²) in [5.41, 5.74) is 7.46. The molecule has 4 nitrogen and oxygen atoms in total. The third-order valence-corrected chi connectivity index (χ3v) is 7.22. The number of para-hydroxylation sites is 4. The predicted octanol–water partition coefficient (Wildman–Crippen LogP) is 8.94. The summed E-state index contributed by atoms with van der Waals surface area (Å²) in [5.74, 6) is 0.410. The molecule has 0 fully saturated rings. The highest BCUT2D eigenvalue weighted by molar-refractivity contribution is 6.12. The van der Waals surface area contributed by atoms with Crippen LogP contribution in [0.3, 0.4) is 0 Å². The summed E-state index contributed by atoms with van der Waals surface area (Å²) in [5, 5.41) is 3.97. The number of rotatable bonds is 2. The van der Waals surface area contributed by atoms with Gasteiger partial charge in [-0.1, -0.05) is 48.5 Å². The van der Waals surface area contributed by atoms with Gasteiger partial charge in [-0.2, -0.15) is 0 Å². The van der Waals surface area contributed by atoms with Gasteiger partial charge in [0, 0.05) is 27.6 Å². The van der Waals surface area contributed by atoms with Crippen molar-refractivity contribution in [3.05, 3.63) is 108 Å². The molecule has 5 heteroatoms. The number of aromatic nitrogens is 2. The van der Waals surface area contributed by atoms with E-state index in [1.54, 1.807) is 6.07 Å². The molecule has 0 amide bonds. The molecule has 0 radical (unpaired) electrons. The molecule has 0 aliphatic heterocycles. The van der Waals surface area contributed by atoms with Crippen LogP contribution in [0.25, 0.3) is 72.0 Å². The number of nitrogens with zero attached hydrogens (tertiary/aromatic N) is 2. The fourth-order valence-electron chi connectivity index (χ4n) is 5.55. The second-order valence-electron chi connectivity index (χ2n) is 9.39. The number of hydrogen-bond donors (Lipinski definition) is 0. The SMILES string of the molecule is Cc1ccc(-c2nc3ccccc3n2-c2cccc3c2oc2ccccc23)c2oc3cc(F)ccc3c12. The minimum atomic E-state index is -0.324. The van der Waals surface area contributed by atoms with Gasteiger partial charge in [0.2, 0.25) is 0 Å². The lowest BCUT2D eigenvalue weighted by Crippen LogP contribution is -1.98. The first-order chi connectivity index (χ1) is 18.2. The first-order valence-corrected chi connectivity index (χ1v) is 12.2. The quantitative estimate of drug-likeness (QED) is 0.247. The zero-order valence-corrected chi connectivity index (χ0v) is 19.8. The third kappa shape index (κ3) is 2.79. The normalized spacial score (nSPS) is 12.1. The topological polar surface area (TPSA) is 44.1 Å². The summed E-state index contributed by atoms with van der Waals surface area (Å²) < 4.78 is 28.9. The Morgan fingerprint density at radius 2 is 1.51 bits per heavy atom. The minimum absolute atomic E-state index is 0.324. The number of fused-ring (bicyclic) bond motifs is 7. The van der Waals surface area contributed by atoms with E-state index in [-0.39, 0.29) is 5.82 Å². The molecule has 0 N–H and O–H groups in total. The van der Waals surface area contributed by atoms with Crippen molar-refractivity contribution < 1.29 is 13.2 Å². The van der Waals surface area contributed by atoms with E-state index in [1.165, 1.54) is 12.1 Å². The summed E-state index contributed by atoms with van der Waals surface area (Å²) >= 11 is 0. The predicted molar refractivity (Wildman–Crippen MR) is 146 cm³/mol. The molecule has 0 aliphatic rings. The molecule has 0 atom stereocenters. The van der Waals surface area contributed by atoms with Crippen molar-refractivity contribution in [1.29, 1.82) is 0 Å². The molecule has 3 heterocycles. The fraction of sp³-hybridized carbons (Fsp3) is 0.0312. The average Bonchev–Trinajstić information content (AvgIpc) is 3.60. The molecule has 8 aromatic rings. The Hall–Kier alpha value is -4.90. The molecule has 0 spiro atoms. The summed E-state index contributed by atoms with van der Waals surface area (Å²) in [4.78, 5) is 5.07. The van der Waals surface area contributed by atoms with Gasteiger partial charge in [-0.05, 0) is 55.0 Å². The number of benzene rings is 5. The van der Waals surface area contributed by atoms with Gasteiger partial charge in [0.25, 0.3) is 0 Å². The van der Waals surface area contributed by atoms with Crippen LogP contribution in [0.2, 0.25) is 0 Å². The molecular weight excluding hydrogens is 463 g/mol. The Bertz CT molecular complexity index is 2180. The van der Waals surface area contributed by atoms with E-state index in [1.807, 2.05) is 55.5 Å². The number of imidazole rings is 1. The van der Waals surface area contributed by atoms with Crippen LogP contribution in [0.4, 0.5) is 4.39 Å². The Morgan fingerprint density at radius 1 is 0.703 bits per heavy atom. The monoisotopic (exact) mass is 482 g/mol. The maximum atomic E-state index is 14.1. The smallest absolute Gasteiger partial charge is 0.159 e. The van der Waals surface area contributed by atoms with Gasteiger partial charge in [0.05, 0.1) is 22.3 Å². The summed E-state index contributed by atoms with van der Waals surface area (Å²) in [6.07, 6.45) is 0. The van der Waals surface area contributed by atoms with Crippen molar-refractivity contribution in [1.82, 2.24) is 9.55 Å². The first kappa shape index (κ1) is 20.3. The van der Waals surface area contributed by atoms with E-state index in [2.05, 4.69) is 34.9 Å². The lowest BCUT2D eigenvalue weighted by Gasteiger charge is -2.11. The van der Waals surface area contributed by atoms with Crippen LogP contribution >= 0.6 is 0 Å². The molecule has 0 saturated carbocycles. The molecular formula is C32H19FN2O2. The zero-order valence-electron chi connectivity index (χ0n) is 19.8. The second-order valence-corrected chi connectivity index (χ2v) is 9.39. The van der Waals surface area contributed by atoms with E-state index >= 15 is 0 Å². The van der Waals surface area contributed by atoms with E-state index in [4.69, 9.17) is 13.8 Å². The van der Waals surface area contributed by atoms with Gasteiger partial charge in [-0.3, -0.25) is 4.57 Å². The minimum Gasteiger partial charge on any atom is -0.455 e. The fourth-order valence-corrected chi connectivity index (χ4v) is 5.55. The van der Waals surface area contributed by atoms with Crippen LogP contribution in [0.1, 0.15) is 5.56 Å². The Balaban J connectivity index is 1.51. The van der Waals surface area contributed by atoms with Gasteiger partial charge in [-0.15, -0.1) is 0 Å². The standard InChI is InChI=1S/C32H19FN2O2/c1-18-13-15-23(31-29(18)22-16-14-19(33)17-28(22)37-31)32-34-24-9-3-4-10-25(24)35(32)26-11-6-8-21-20-7-2-5-12-27(20)36-30(21)26/h2-17H,1H3. The van der Waals surface area contributed by atoms with Crippen molar-refractivity contribution in [2.45, 2.75) is 6.92 Å². The van der Waals surface area contributed by atoms with Crippen molar-refractivity contribution in [3.8, 4) is 17.1 Å². The highest BCUT2D eigenvalue weighted by atomic mass is 19.1. The van der Waals surface area contributed by atoms with Crippen LogP contribution in [0.5, 0.6) is 0 Å². The summed E-state index contributed by atoms with van der Waals surface area (Å²) in [7, 11) is 0. The van der Waals surface area contributed by atoms with Crippen molar-refractivity contribution in [2.75, 3.05) is 0 Å². The second kappa shape index (κ2) is 7.31. The van der Waals surface area contributed by atoms with Gasteiger partial charge >= 0.3 is 0 Å². The maximum absolute atomic E-state index is 14.1. The molecule has 0 unspecified atom stereocenters. The molecule has 176 valence electrons. The van der Waals surface area contributed by atoms with Gasteiger partial charge in [0.1, 0.15) is 28.4 Å². The molecule has 0 aliphatic carbocycles. The highest BCUT2D eigenvalue weighted by Crippen LogP contribution is 2.41. The van der Waals surface area contributed by atoms with Gasteiger partial charge in [0.15, 0.2) is 5.58 Å². The van der Waals surface area contributed by atoms with Crippen LogP contribution < -0.4 is 0 Å². The molecule has 37 heavy (non-hydrogen) atoms. The first-order valence-electron chi connectivity index (χ1n) is 12.2. The lowest BCUT2D eigenvalue weighted by molar-refractivity contribution is 0.618. The Labute approximate surface area is 210 Å². The van der Waals surface area contributed by atoms with E-state index < -0.39 is 0 Å². The van der Waals surface area contributed by atoms with Crippen molar-refractivity contribution in [3.63, 3.8) is 0 Å². The van der Waals surface area contributed by atoms with Crippen LogP contribution in [-0.4, -0.2) is 9.55 Å².